The molecule has 30 heteroatoms. The Morgan fingerprint density at radius 1 is 0.375 bits per heavy atom. The minimum Gasteiger partial charge on any atom is -0.459 e. The monoisotopic (exact) mass is 892 g/mol. The molecule has 0 fully saturated rings. The first kappa shape index (κ1) is 52.9. The minimum atomic E-state index is -8.28. The van der Waals surface area contributed by atoms with Gasteiger partial charge in [-0.2, -0.15) is 114 Å². The van der Waals surface area contributed by atoms with Gasteiger partial charge >= 0.3 is 83.5 Å². The topological polar surface area (TPSA) is 52.6 Å². The molecule has 0 saturated carbocycles. The lowest BCUT2D eigenvalue weighted by Gasteiger charge is -2.40. The summed E-state index contributed by atoms with van der Waals surface area (Å²) < 4.78 is 356. The average Bonchev–Trinajstić information content (AvgIpc) is 2.97. The Bertz CT molecular complexity index is 1300. The van der Waals surface area contributed by atoms with Crippen LogP contribution in [-0.2, 0) is 19.1 Å². The van der Waals surface area contributed by atoms with Gasteiger partial charge in [0, 0.05) is 12.2 Å². The number of hydrogen-bond acceptors (Lipinski definition) is 4. The maximum atomic E-state index is 14.3. The van der Waals surface area contributed by atoms with Gasteiger partial charge in [0.15, 0.2) is 0 Å². The second-order valence-electron chi connectivity index (χ2n) is 12.2. The Hall–Kier alpha value is -3.14. The van der Waals surface area contributed by atoms with Gasteiger partial charge in [0.2, 0.25) is 0 Å². The number of ether oxygens (including phenoxy) is 2. The second kappa shape index (κ2) is 15.6. The van der Waals surface area contributed by atoms with Gasteiger partial charge < -0.3 is 9.47 Å². The van der Waals surface area contributed by atoms with Gasteiger partial charge in [-0.15, -0.1) is 0 Å². The molecule has 0 spiro atoms. The summed E-state index contributed by atoms with van der Waals surface area (Å²) in [6.07, 6.45) is -28.4. The quantitative estimate of drug-likeness (QED) is 0.0782. The van der Waals surface area contributed by atoms with E-state index in [0.29, 0.717) is 27.7 Å². The molecule has 2 unspecified atom stereocenters. The van der Waals surface area contributed by atoms with Gasteiger partial charge in [0.05, 0.1) is 12.8 Å². The van der Waals surface area contributed by atoms with E-state index in [2.05, 4.69) is 9.47 Å². The van der Waals surface area contributed by atoms with Crippen molar-refractivity contribution in [2.24, 2.45) is 11.8 Å². The van der Waals surface area contributed by atoms with Crippen molar-refractivity contribution in [3.63, 3.8) is 0 Å². The third-order valence-corrected chi connectivity index (χ3v) is 7.29. The van der Waals surface area contributed by atoms with Crippen molar-refractivity contribution < 1.29 is 133 Å². The summed E-state index contributed by atoms with van der Waals surface area (Å²) in [5.74, 6) is -86.6. The second-order valence-corrected chi connectivity index (χ2v) is 12.2. The summed E-state index contributed by atoms with van der Waals surface area (Å²) in [4.78, 5) is 24.0. The average molecular weight is 892 g/mol. The van der Waals surface area contributed by atoms with E-state index in [4.69, 9.17) is 0 Å². The predicted octanol–water partition coefficient (Wildman–Crippen LogP) is 10.9. The van der Waals surface area contributed by atoms with Gasteiger partial charge in [-0.3, -0.25) is 0 Å². The lowest BCUT2D eigenvalue weighted by atomic mass is 9.89. The van der Waals surface area contributed by atoms with Crippen LogP contribution >= 0.6 is 0 Å². The number of esters is 2. The normalized spacial score (nSPS) is 16.8. The first-order valence-electron chi connectivity index (χ1n) is 14.1. The van der Waals surface area contributed by atoms with Gasteiger partial charge in [0.1, 0.15) is 12.2 Å². The molecule has 0 aliphatic carbocycles. The van der Waals surface area contributed by atoms with E-state index in [1.165, 1.54) is 0 Å². The van der Waals surface area contributed by atoms with Crippen molar-refractivity contribution >= 4 is 11.9 Å². The van der Waals surface area contributed by atoms with E-state index in [9.17, 15) is 124 Å². The summed E-state index contributed by atoms with van der Waals surface area (Å²) in [7, 11) is 0. The Morgan fingerprint density at radius 2 is 0.571 bits per heavy atom. The van der Waals surface area contributed by atoms with E-state index < -0.39 is 133 Å². The fourth-order valence-electron chi connectivity index (χ4n) is 3.71. The molecular weight excluding hydrogens is 870 g/mol. The molecule has 0 aliphatic rings. The maximum absolute atomic E-state index is 14.3. The summed E-state index contributed by atoms with van der Waals surface area (Å²) in [5.41, 5.74) is 0. The van der Waals surface area contributed by atoms with Gasteiger partial charge in [-0.05, 0) is 11.8 Å². The van der Waals surface area contributed by atoms with Crippen molar-refractivity contribution in [3.8, 4) is 0 Å². The molecule has 0 saturated heterocycles. The standard InChI is InChI=1S/C26H22F26O4/c1-9(2)11(7-15(27,28)17(31,32)19(35,36)21(39,40)23(43,44)25(47,48)49)55-13(53)5-6-14(54)56-12(10(3)4)8-16(29,30)18(33,34)20(37,38)22(41,42)24(45,46)26(50,51)52/h5-6,9-12H,7-8H2,1-4H3/b6-5+. The minimum absolute atomic E-state index is 0.404. The zero-order valence-corrected chi connectivity index (χ0v) is 27.3. The molecule has 2 atom stereocenters. The lowest BCUT2D eigenvalue weighted by molar-refractivity contribution is -0.440. The molecule has 332 valence electrons. The van der Waals surface area contributed by atoms with E-state index in [1.807, 2.05) is 0 Å². The number of rotatable bonds is 18. The molecule has 0 heterocycles. The van der Waals surface area contributed by atoms with Crippen LogP contribution in [0, 0.1) is 11.8 Å². The molecule has 4 nitrogen and oxygen atoms in total. The van der Waals surface area contributed by atoms with Gasteiger partial charge in [-0.25, -0.2) is 9.59 Å². The molecule has 0 N–H and O–H groups in total. The number of halogens is 26. The number of carbonyl (C=O) groups is 2. The van der Waals surface area contributed by atoms with Crippen LogP contribution in [0.25, 0.3) is 0 Å². The zero-order valence-electron chi connectivity index (χ0n) is 27.3. The fraction of sp³-hybridized carbons (Fsp3) is 0.846. The van der Waals surface area contributed by atoms with Crippen LogP contribution in [-0.4, -0.2) is 95.7 Å². The van der Waals surface area contributed by atoms with Crippen LogP contribution in [0.5, 0.6) is 0 Å². The summed E-state index contributed by atoms with van der Waals surface area (Å²) in [6, 6.07) is 0. The van der Waals surface area contributed by atoms with Gasteiger partial charge in [0.25, 0.3) is 0 Å². The fourth-order valence-corrected chi connectivity index (χ4v) is 3.71. The lowest BCUT2D eigenvalue weighted by Crippen LogP contribution is -2.70. The van der Waals surface area contributed by atoms with Gasteiger partial charge in [-0.1, -0.05) is 27.7 Å². The van der Waals surface area contributed by atoms with Crippen molar-refractivity contribution in [3.05, 3.63) is 12.2 Å². The van der Waals surface area contributed by atoms with Crippen molar-refractivity contribution in [2.45, 2.75) is 124 Å². The largest absolute Gasteiger partial charge is 0.460 e. The first-order chi connectivity index (χ1) is 24.1. The Kier molecular flexibility index (Phi) is 14.7. The number of carbonyl (C=O) groups excluding carboxylic acids is 2. The molecule has 0 radical (unpaired) electrons. The van der Waals surface area contributed by atoms with Crippen molar-refractivity contribution in [1.29, 1.82) is 0 Å². The van der Waals surface area contributed by atoms with Crippen molar-refractivity contribution in [2.75, 3.05) is 0 Å². The third-order valence-electron chi connectivity index (χ3n) is 7.29. The molecule has 0 aliphatic heterocycles. The van der Waals surface area contributed by atoms with E-state index in [-0.39, 0.29) is 0 Å². The molecule has 0 rings (SSSR count). The van der Waals surface area contributed by atoms with Crippen molar-refractivity contribution in [1.82, 2.24) is 0 Å². The Labute approximate surface area is 294 Å². The molecule has 56 heavy (non-hydrogen) atoms. The third kappa shape index (κ3) is 9.10. The van der Waals surface area contributed by atoms with Crippen LogP contribution < -0.4 is 0 Å². The zero-order chi connectivity index (χ0) is 45.7. The van der Waals surface area contributed by atoms with Crippen LogP contribution in [0.1, 0.15) is 40.5 Å². The number of alkyl halides is 26. The number of hydrogen-bond donors (Lipinski definition) is 0. The highest BCUT2D eigenvalue weighted by Gasteiger charge is 2.92. The summed E-state index contributed by atoms with van der Waals surface area (Å²) >= 11 is 0. The Morgan fingerprint density at radius 3 is 0.750 bits per heavy atom. The highest BCUT2D eigenvalue weighted by molar-refractivity contribution is 5.91. The first-order valence-corrected chi connectivity index (χ1v) is 14.1. The Balaban J connectivity index is 6.29. The molecule has 0 amide bonds. The van der Waals surface area contributed by atoms with E-state index >= 15 is 0 Å². The van der Waals surface area contributed by atoms with Crippen LogP contribution in [0.4, 0.5) is 114 Å². The highest BCUT2D eigenvalue weighted by atomic mass is 19.4. The summed E-state index contributed by atoms with van der Waals surface area (Å²) in [6.45, 7) is 2.39. The highest BCUT2D eigenvalue weighted by Crippen LogP contribution is 2.62. The predicted molar refractivity (Wildman–Crippen MR) is 129 cm³/mol. The van der Waals surface area contributed by atoms with E-state index in [0.717, 1.165) is 0 Å². The molecular formula is C26H22F26O4. The SMILES string of the molecule is CC(C)C(CC(F)(F)C(F)(F)C(F)(F)C(F)(F)C(F)(F)C(F)(F)F)OC(=O)/C=C/C(=O)OC(CC(F)(F)C(F)(F)C(F)(F)C(F)(F)C(F)(F)C(F)(F)F)C(C)C. The molecule has 0 aromatic heterocycles. The van der Waals surface area contributed by atoms with E-state index in [1.54, 1.807) is 0 Å². The maximum Gasteiger partial charge on any atom is 0.460 e. The van der Waals surface area contributed by atoms with Crippen LogP contribution in [0.3, 0.4) is 0 Å². The smallest absolute Gasteiger partial charge is 0.459 e. The summed E-state index contributed by atoms with van der Waals surface area (Å²) in [5, 5.41) is 0. The van der Waals surface area contributed by atoms with Crippen LogP contribution in [0.15, 0.2) is 12.2 Å². The molecule has 0 aromatic carbocycles. The van der Waals surface area contributed by atoms with Crippen LogP contribution in [0.2, 0.25) is 0 Å². The molecule has 0 aromatic rings. The molecule has 0 bridgehead atoms.